The van der Waals surface area contributed by atoms with E-state index in [1.54, 1.807) is 12.3 Å². The zero-order chi connectivity index (χ0) is 9.64. The Hall–Kier alpha value is -2.10. The molecular weight excluding hydrogens is 176 g/mol. The highest BCUT2D eigenvalue weighted by atomic mass is 15.4. The lowest BCUT2D eigenvalue weighted by Crippen LogP contribution is -1.83. The molecule has 0 aliphatic heterocycles. The lowest BCUT2D eigenvalue weighted by molar-refractivity contribution is 0.802. The molecule has 14 heavy (non-hydrogen) atoms. The molecule has 0 N–H and O–H groups in total. The summed E-state index contributed by atoms with van der Waals surface area (Å²) in [5.74, 6) is 0. The maximum atomic E-state index is 3.93. The first kappa shape index (κ1) is 8.50. The predicted molar refractivity (Wildman–Crippen MR) is 52.8 cm³/mol. The molecule has 0 radical (unpaired) electrons. The van der Waals surface area contributed by atoms with E-state index in [9.17, 15) is 0 Å². The van der Waals surface area contributed by atoms with E-state index in [4.69, 9.17) is 0 Å². The molecule has 1 aromatic heterocycles. The van der Waals surface area contributed by atoms with E-state index in [2.05, 4.69) is 20.6 Å². The first-order valence-corrected chi connectivity index (χ1v) is 4.20. The highest BCUT2D eigenvalue weighted by molar-refractivity contribution is 5.76. The van der Waals surface area contributed by atoms with Gasteiger partial charge in [0.15, 0.2) is 0 Å². The molecule has 0 saturated heterocycles. The van der Waals surface area contributed by atoms with Crippen molar-refractivity contribution >= 4 is 10.9 Å². The molecule has 0 spiro atoms. The maximum Gasteiger partial charge on any atom is 0.0947 e. The Labute approximate surface area is 80.9 Å². The summed E-state index contributed by atoms with van der Waals surface area (Å²) in [6.45, 7) is 0. The van der Waals surface area contributed by atoms with Gasteiger partial charge in [0, 0.05) is 5.39 Å². The number of nitrogens with zero attached hydrogens (tertiary/aromatic N) is 4. The maximum absolute atomic E-state index is 3.93. The normalized spacial score (nSPS) is 9.43. The molecular formula is C10H8N4. The molecule has 2 aromatic rings. The van der Waals surface area contributed by atoms with Gasteiger partial charge in [-0.05, 0) is 22.6 Å². The van der Waals surface area contributed by atoms with Crippen molar-refractivity contribution in [1.82, 2.24) is 20.6 Å². The molecule has 4 heteroatoms. The summed E-state index contributed by atoms with van der Waals surface area (Å²) in [5, 5.41) is 15.6. The first-order chi connectivity index (χ1) is 6.97. The second kappa shape index (κ2) is 4.23. The van der Waals surface area contributed by atoms with Crippen LogP contribution in [0.5, 0.6) is 0 Å². The molecule has 0 atom stereocenters. The second-order valence-electron chi connectivity index (χ2n) is 2.65. The smallest absolute Gasteiger partial charge is 0.0947 e. The third-order valence-electron chi connectivity index (χ3n) is 1.72. The van der Waals surface area contributed by atoms with Gasteiger partial charge in [0.1, 0.15) is 0 Å². The average Bonchev–Trinajstić information content (AvgIpc) is 2.25. The minimum atomic E-state index is 0.790. The fourth-order valence-electron chi connectivity index (χ4n) is 1.09. The van der Waals surface area contributed by atoms with Gasteiger partial charge >= 0.3 is 0 Å². The summed E-state index contributed by atoms with van der Waals surface area (Å²) in [7, 11) is 0. The number of rotatable bonds is 0. The fraction of sp³-hybridized carbons (Fsp3) is 0. The van der Waals surface area contributed by atoms with Crippen molar-refractivity contribution in [1.29, 1.82) is 0 Å². The molecule has 0 aliphatic rings. The Kier molecular flexibility index (Phi) is 2.56. The van der Waals surface area contributed by atoms with Gasteiger partial charge in [0.2, 0.25) is 0 Å². The Morgan fingerprint density at radius 3 is 2.50 bits per heavy atom. The molecule has 0 saturated carbocycles. The second-order valence-corrected chi connectivity index (χ2v) is 2.65. The highest BCUT2D eigenvalue weighted by Gasteiger charge is 1.86. The molecule has 0 amide bonds. The van der Waals surface area contributed by atoms with E-state index in [0.717, 1.165) is 10.9 Å². The summed E-state index contributed by atoms with van der Waals surface area (Å²) in [5.41, 5.74) is 0.790. The van der Waals surface area contributed by atoms with Crippen LogP contribution in [0.3, 0.4) is 0 Å². The Bertz CT molecular complexity index is 437. The molecule has 1 aromatic carbocycles. The van der Waals surface area contributed by atoms with Crippen molar-refractivity contribution < 1.29 is 0 Å². The lowest BCUT2D eigenvalue weighted by atomic mass is 10.2. The van der Waals surface area contributed by atoms with Crippen LogP contribution in [0.1, 0.15) is 0 Å². The van der Waals surface area contributed by atoms with Gasteiger partial charge in [-0.1, -0.05) is 30.3 Å². The van der Waals surface area contributed by atoms with Crippen LogP contribution in [0, 0.1) is 0 Å². The summed E-state index contributed by atoms with van der Waals surface area (Å²) >= 11 is 0. The molecule has 0 aliphatic carbocycles. The number of benzene rings is 1. The zero-order valence-electron chi connectivity index (χ0n) is 7.41. The standard InChI is InChI=1S/C10H8N4/c1-2-7-10-9(5-1)6-3-4-8-11-13-14-12-10/h1-8H. The van der Waals surface area contributed by atoms with Gasteiger partial charge in [-0.2, -0.15) is 0 Å². The molecule has 0 unspecified atom stereocenters. The average molecular weight is 184 g/mol. The third-order valence-corrected chi connectivity index (χ3v) is 1.72. The zero-order valence-corrected chi connectivity index (χ0v) is 7.41. The van der Waals surface area contributed by atoms with Crippen LogP contribution >= 0.6 is 0 Å². The van der Waals surface area contributed by atoms with Crippen LogP contribution in [-0.4, -0.2) is 20.6 Å². The number of hydrogen-bond donors (Lipinski definition) is 0. The van der Waals surface area contributed by atoms with Gasteiger partial charge in [-0.3, -0.25) is 0 Å². The van der Waals surface area contributed by atoms with Crippen LogP contribution in [0.25, 0.3) is 10.9 Å². The van der Waals surface area contributed by atoms with Gasteiger partial charge in [0.25, 0.3) is 0 Å². The van der Waals surface area contributed by atoms with E-state index in [-0.39, 0.29) is 0 Å². The first-order valence-electron chi connectivity index (χ1n) is 4.20. The molecule has 2 rings (SSSR count). The summed E-state index contributed by atoms with van der Waals surface area (Å²) < 4.78 is 0. The molecule has 0 bridgehead atoms. The van der Waals surface area contributed by atoms with Crippen LogP contribution in [-0.2, 0) is 0 Å². The fourth-order valence-corrected chi connectivity index (χ4v) is 1.09. The number of hydrogen-bond acceptors (Lipinski definition) is 4. The Morgan fingerprint density at radius 1 is 0.786 bits per heavy atom. The summed E-state index contributed by atoms with van der Waals surface area (Å²) in [4.78, 5) is 0. The summed E-state index contributed by atoms with van der Waals surface area (Å²) in [6, 6.07) is 13.3. The van der Waals surface area contributed by atoms with E-state index >= 15 is 0 Å². The largest absolute Gasteiger partial charge is 0.137 e. The van der Waals surface area contributed by atoms with Crippen molar-refractivity contribution in [3.63, 3.8) is 0 Å². The van der Waals surface area contributed by atoms with E-state index in [0.29, 0.717) is 0 Å². The molecule has 68 valence electrons. The van der Waals surface area contributed by atoms with Crippen molar-refractivity contribution in [2.75, 3.05) is 0 Å². The van der Waals surface area contributed by atoms with Crippen LogP contribution < -0.4 is 0 Å². The van der Waals surface area contributed by atoms with Crippen molar-refractivity contribution in [2.24, 2.45) is 0 Å². The lowest BCUT2D eigenvalue weighted by Gasteiger charge is -1.87. The number of fused-ring (bicyclic) bond motifs is 1. The predicted octanol–water partition coefficient (Wildman–Crippen LogP) is 1.54. The topological polar surface area (TPSA) is 51.6 Å². The molecule has 1 heterocycles. The molecule has 4 nitrogen and oxygen atoms in total. The number of aromatic nitrogens is 4. The van der Waals surface area contributed by atoms with Crippen molar-refractivity contribution in [2.45, 2.75) is 0 Å². The van der Waals surface area contributed by atoms with Gasteiger partial charge in [-0.15, -0.1) is 10.2 Å². The molecule has 0 fully saturated rings. The van der Waals surface area contributed by atoms with Gasteiger partial charge in [0.05, 0.1) is 11.7 Å². The van der Waals surface area contributed by atoms with Gasteiger partial charge < -0.3 is 0 Å². The Morgan fingerprint density at radius 2 is 1.57 bits per heavy atom. The van der Waals surface area contributed by atoms with Crippen LogP contribution in [0.4, 0.5) is 0 Å². The monoisotopic (exact) mass is 184 g/mol. The SMILES string of the molecule is c1ccc2ccccc2nnnnc1. The summed E-state index contributed by atoms with van der Waals surface area (Å²) in [6.07, 6.45) is 1.56. The van der Waals surface area contributed by atoms with Gasteiger partial charge in [-0.25, -0.2) is 0 Å². The van der Waals surface area contributed by atoms with Crippen molar-refractivity contribution in [3.8, 4) is 0 Å². The quantitative estimate of drug-likeness (QED) is 0.623. The highest BCUT2D eigenvalue weighted by Crippen LogP contribution is 2.05. The van der Waals surface area contributed by atoms with Crippen LogP contribution in [0.15, 0.2) is 48.7 Å². The minimum absolute atomic E-state index is 0.790. The van der Waals surface area contributed by atoms with E-state index < -0.39 is 0 Å². The third kappa shape index (κ3) is 1.98. The van der Waals surface area contributed by atoms with Crippen molar-refractivity contribution in [3.05, 3.63) is 48.7 Å². The van der Waals surface area contributed by atoms with Crippen LogP contribution in [0.2, 0.25) is 0 Å². The van der Waals surface area contributed by atoms with E-state index in [1.807, 2.05) is 36.4 Å². The minimum Gasteiger partial charge on any atom is -0.137 e. The van der Waals surface area contributed by atoms with E-state index in [1.165, 1.54) is 0 Å². The Balaban J connectivity index is 2.76.